The minimum Gasteiger partial charge on any atom is -0.352 e. The van der Waals surface area contributed by atoms with Crippen LogP contribution in [0.2, 0.25) is 0 Å². The van der Waals surface area contributed by atoms with Crippen molar-refractivity contribution in [2.45, 2.75) is 25.3 Å². The van der Waals surface area contributed by atoms with Gasteiger partial charge in [-0.25, -0.2) is 13.2 Å². The number of amides is 1. The molecule has 2 heterocycles. The molecule has 2 aromatic carbocycles. The third kappa shape index (κ3) is 3.69. The molecule has 158 valence electrons. The summed E-state index contributed by atoms with van der Waals surface area (Å²) in [6, 6.07) is 9.73. The second kappa shape index (κ2) is 7.61. The Hall–Kier alpha value is -3.55. The zero-order valence-corrected chi connectivity index (χ0v) is 16.4. The van der Waals surface area contributed by atoms with E-state index in [4.69, 9.17) is 0 Å². The Labute approximate surface area is 175 Å². The van der Waals surface area contributed by atoms with Gasteiger partial charge in [0.25, 0.3) is 5.91 Å². The van der Waals surface area contributed by atoms with Crippen molar-refractivity contribution in [2.24, 2.45) is 5.92 Å². The van der Waals surface area contributed by atoms with E-state index < -0.39 is 11.6 Å². The molecule has 1 aliphatic rings. The smallest absolute Gasteiger partial charge is 0.269 e. The second-order valence-corrected chi connectivity index (χ2v) is 7.98. The number of H-pyrrole nitrogens is 2. The first-order valence-corrected chi connectivity index (χ1v) is 10.0. The molecule has 0 radical (unpaired) electrons. The van der Waals surface area contributed by atoms with Crippen molar-refractivity contribution in [2.75, 3.05) is 0 Å². The molecule has 0 saturated heterocycles. The van der Waals surface area contributed by atoms with Crippen LogP contribution in [0.1, 0.15) is 28.9 Å². The molecule has 0 unspecified atom stereocenters. The Bertz CT molecular complexity index is 1240. The number of nitrogens with zero attached hydrogens (tertiary/aromatic N) is 1. The number of halogens is 3. The first-order chi connectivity index (χ1) is 15.0. The van der Waals surface area contributed by atoms with Crippen molar-refractivity contribution >= 4 is 16.8 Å². The van der Waals surface area contributed by atoms with E-state index in [-0.39, 0.29) is 29.2 Å². The van der Waals surface area contributed by atoms with Crippen LogP contribution in [0.15, 0.2) is 48.7 Å². The van der Waals surface area contributed by atoms with E-state index in [1.165, 1.54) is 24.4 Å². The number of rotatable bonds is 5. The molecule has 1 amide bonds. The summed E-state index contributed by atoms with van der Waals surface area (Å²) in [6.45, 7) is 0. The standard InChI is InChI=1S/C23H19F3N4O/c24-14-3-1-13(2-4-14)21-17(18-10-15(25)11-19(26)22(18)29-21)9-12-7-16(8-12)28-23(31)20-5-6-27-30-20/h1-6,10-12,16,29H,7-9H2,(H,27,30)(H,28,31). The number of aromatic nitrogens is 3. The summed E-state index contributed by atoms with van der Waals surface area (Å²) in [5.41, 5.74) is 2.80. The number of hydrogen-bond donors (Lipinski definition) is 3. The summed E-state index contributed by atoms with van der Waals surface area (Å²) in [7, 11) is 0. The predicted octanol–water partition coefficient (Wildman–Crippen LogP) is 4.73. The zero-order valence-electron chi connectivity index (χ0n) is 16.4. The van der Waals surface area contributed by atoms with Gasteiger partial charge in [-0.1, -0.05) is 0 Å². The van der Waals surface area contributed by atoms with Gasteiger partial charge in [-0.15, -0.1) is 0 Å². The Morgan fingerprint density at radius 1 is 1.06 bits per heavy atom. The van der Waals surface area contributed by atoms with E-state index in [9.17, 15) is 18.0 Å². The Balaban J connectivity index is 1.39. The van der Waals surface area contributed by atoms with Crippen molar-refractivity contribution in [1.29, 1.82) is 0 Å². The maximum Gasteiger partial charge on any atom is 0.269 e. The maximum absolute atomic E-state index is 14.4. The van der Waals surface area contributed by atoms with Crippen molar-refractivity contribution in [1.82, 2.24) is 20.5 Å². The fraction of sp³-hybridized carbons (Fsp3) is 0.217. The lowest BCUT2D eigenvalue weighted by Gasteiger charge is -2.36. The van der Waals surface area contributed by atoms with Crippen LogP contribution in [0.5, 0.6) is 0 Å². The van der Waals surface area contributed by atoms with E-state index >= 15 is 0 Å². The SMILES string of the molecule is O=C(NC1CC(Cc2c(-c3ccc(F)cc3)[nH]c3c(F)cc(F)cc23)C1)c1ccn[nH]1. The quantitative estimate of drug-likeness (QED) is 0.434. The minimum atomic E-state index is -0.664. The molecule has 5 nitrogen and oxygen atoms in total. The molecule has 0 aliphatic heterocycles. The number of benzene rings is 2. The number of fused-ring (bicyclic) bond motifs is 1. The van der Waals surface area contributed by atoms with Crippen LogP contribution in [0.25, 0.3) is 22.2 Å². The number of hydrogen-bond acceptors (Lipinski definition) is 2. The van der Waals surface area contributed by atoms with Crippen molar-refractivity contribution in [3.05, 3.63) is 77.4 Å². The molecule has 0 atom stereocenters. The molecular formula is C23H19F3N4O. The topological polar surface area (TPSA) is 73.6 Å². The largest absolute Gasteiger partial charge is 0.352 e. The van der Waals surface area contributed by atoms with Gasteiger partial charge in [0.2, 0.25) is 0 Å². The van der Waals surface area contributed by atoms with E-state index in [1.54, 1.807) is 18.2 Å². The van der Waals surface area contributed by atoms with E-state index in [0.29, 0.717) is 28.8 Å². The van der Waals surface area contributed by atoms with Crippen LogP contribution >= 0.6 is 0 Å². The normalized spacial score (nSPS) is 18.2. The molecular weight excluding hydrogens is 405 g/mol. The van der Waals surface area contributed by atoms with Crippen LogP contribution in [0.4, 0.5) is 13.2 Å². The van der Waals surface area contributed by atoms with Gasteiger partial charge in [-0.2, -0.15) is 5.10 Å². The van der Waals surface area contributed by atoms with Gasteiger partial charge >= 0.3 is 0 Å². The number of aromatic amines is 2. The second-order valence-electron chi connectivity index (χ2n) is 7.98. The molecule has 1 saturated carbocycles. The van der Waals surface area contributed by atoms with Crippen molar-refractivity contribution in [3.8, 4) is 11.3 Å². The highest BCUT2D eigenvalue weighted by Gasteiger charge is 2.32. The van der Waals surface area contributed by atoms with Gasteiger partial charge in [0.05, 0.1) is 5.52 Å². The first kappa shape index (κ1) is 19.4. The van der Waals surface area contributed by atoms with Crippen LogP contribution in [-0.2, 0) is 6.42 Å². The number of nitrogens with one attached hydrogen (secondary N) is 3. The lowest BCUT2D eigenvalue weighted by Crippen LogP contribution is -2.45. The monoisotopic (exact) mass is 424 g/mol. The van der Waals surface area contributed by atoms with Crippen LogP contribution in [0.3, 0.4) is 0 Å². The Morgan fingerprint density at radius 2 is 1.84 bits per heavy atom. The van der Waals surface area contributed by atoms with Gasteiger partial charge in [-0.3, -0.25) is 9.89 Å². The van der Waals surface area contributed by atoms with E-state index in [0.717, 1.165) is 24.5 Å². The van der Waals surface area contributed by atoms with Gasteiger partial charge < -0.3 is 10.3 Å². The fourth-order valence-electron chi connectivity index (χ4n) is 4.30. The van der Waals surface area contributed by atoms with Gasteiger partial charge in [0.1, 0.15) is 23.1 Å². The van der Waals surface area contributed by atoms with Gasteiger partial charge in [-0.05, 0) is 72.7 Å². The molecule has 2 aromatic heterocycles. The molecule has 8 heteroatoms. The fourth-order valence-corrected chi connectivity index (χ4v) is 4.30. The third-order valence-electron chi connectivity index (χ3n) is 5.87. The first-order valence-electron chi connectivity index (χ1n) is 10.0. The molecule has 4 aromatic rings. The zero-order chi connectivity index (χ0) is 21.5. The molecule has 3 N–H and O–H groups in total. The van der Waals surface area contributed by atoms with Gasteiger partial charge in [0.15, 0.2) is 0 Å². The van der Waals surface area contributed by atoms with E-state index in [2.05, 4.69) is 20.5 Å². The van der Waals surface area contributed by atoms with Crippen molar-refractivity contribution < 1.29 is 18.0 Å². The summed E-state index contributed by atoms with van der Waals surface area (Å²) >= 11 is 0. The maximum atomic E-state index is 14.4. The Morgan fingerprint density at radius 3 is 2.55 bits per heavy atom. The molecule has 31 heavy (non-hydrogen) atoms. The van der Waals surface area contributed by atoms with Crippen LogP contribution in [0, 0.1) is 23.4 Å². The summed E-state index contributed by atoms with van der Waals surface area (Å²) in [6.07, 6.45) is 3.62. The lowest BCUT2D eigenvalue weighted by molar-refractivity contribution is 0.0884. The molecule has 1 aliphatic carbocycles. The van der Waals surface area contributed by atoms with Crippen LogP contribution in [-0.4, -0.2) is 27.1 Å². The minimum absolute atomic E-state index is 0.0359. The predicted molar refractivity (Wildman–Crippen MR) is 110 cm³/mol. The highest BCUT2D eigenvalue weighted by atomic mass is 19.1. The third-order valence-corrected chi connectivity index (χ3v) is 5.87. The highest BCUT2D eigenvalue weighted by molar-refractivity contribution is 5.92. The lowest BCUT2D eigenvalue weighted by atomic mass is 9.76. The highest BCUT2D eigenvalue weighted by Crippen LogP contribution is 2.38. The summed E-state index contributed by atoms with van der Waals surface area (Å²) in [5.74, 6) is -1.63. The summed E-state index contributed by atoms with van der Waals surface area (Å²) in [5, 5.41) is 9.85. The Kier molecular flexibility index (Phi) is 4.77. The molecule has 0 spiro atoms. The van der Waals surface area contributed by atoms with Crippen LogP contribution < -0.4 is 5.32 Å². The number of carbonyl (C=O) groups excluding carboxylic acids is 1. The van der Waals surface area contributed by atoms with Gasteiger partial charge in [0, 0.05) is 29.4 Å². The van der Waals surface area contributed by atoms with E-state index in [1.807, 2.05) is 0 Å². The number of carbonyl (C=O) groups is 1. The molecule has 5 rings (SSSR count). The van der Waals surface area contributed by atoms with Crippen molar-refractivity contribution in [3.63, 3.8) is 0 Å². The summed E-state index contributed by atoms with van der Waals surface area (Å²) in [4.78, 5) is 15.2. The summed E-state index contributed by atoms with van der Waals surface area (Å²) < 4.78 is 41.8. The average molecular weight is 424 g/mol. The molecule has 0 bridgehead atoms. The average Bonchev–Trinajstić information content (AvgIpc) is 3.36. The molecule has 1 fully saturated rings.